The minimum atomic E-state index is 0.114. The van der Waals surface area contributed by atoms with E-state index in [1.165, 1.54) is 0 Å². The monoisotopic (exact) mass is 279 g/mol. The maximum absolute atomic E-state index is 11.9. The number of anilines is 1. The molecule has 0 spiro atoms. The van der Waals surface area contributed by atoms with Crippen LogP contribution in [-0.2, 0) is 4.79 Å². The summed E-state index contributed by atoms with van der Waals surface area (Å²) in [5, 5.41) is 0.542. The molecule has 0 aliphatic carbocycles. The van der Waals surface area contributed by atoms with Gasteiger partial charge in [0.15, 0.2) is 0 Å². The lowest BCUT2D eigenvalue weighted by molar-refractivity contribution is -0.117. The van der Waals surface area contributed by atoms with Crippen LogP contribution in [0.25, 0.3) is 0 Å². The van der Waals surface area contributed by atoms with Crippen molar-refractivity contribution in [1.82, 2.24) is 0 Å². The first kappa shape index (κ1) is 13.9. The Hall–Kier alpha value is -1.48. The number of hydrogen-bond acceptors (Lipinski definition) is 2. The molecule has 1 saturated heterocycles. The van der Waals surface area contributed by atoms with E-state index in [9.17, 15) is 4.79 Å². The Balaban J connectivity index is 2.15. The molecule has 0 bridgehead atoms. The zero-order chi connectivity index (χ0) is 13.8. The molecule has 0 saturated carbocycles. The molecule has 19 heavy (non-hydrogen) atoms. The first-order valence-electron chi connectivity index (χ1n) is 6.51. The fraction of sp³-hybridized carbons (Fsp3) is 0.400. The Morgan fingerprint density at radius 3 is 2.95 bits per heavy atom. The van der Waals surface area contributed by atoms with Gasteiger partial charge in [-0.3, -0.25) is 4.79 Å². The van der Waals surface area contributed by atoms with E-state index in [0.717, 1.165) is 12.1 Å². The largest absolute Gasteiger partial charge is 0.492 e. The van der Waals surface area contributed by atoms with E-state index >= 15 is 0 Å². The molecule has 1 aromatic rings. The molecule has 102 valence electrons. The zero-order valence-corrected chi connectivity index (χ0v) is 11.8. The predicted octanol–water partition coefficient (Wildman–Crippen LogP) is 3.67. The summed E-state index contributed by atoms with van der Waals surface area (Å²) in [7, 11) is 0. The summed E-state index contributed by atoms with van der Waals surface area (Å²) in [6.45, 7) is 7.10. The molecule has 4 heteroatoms. The summed E-state index contributed by atoms with van der Waals surface area (Å²) < 4.78 is 5.52. The molecule has 3 nitrogen and oxygen atoms in total. The van der Waals surface area contributed by atoms with E-state index in [-0.39, 0.29) is 11.8 Å². The second-order valence-corrected chi connectivity index (χ2v) is 5.07. The molecule has 0 N–H and O–H groups in total. The first-order chi connectivity index (χ1) is 9.15. The number of hydrogen-bond donors (Lipinski definition) is 0. The van der Waals surface area contributed by atoms with Crippen LogP contribution in [0.1, 0.15) is 19.8 Å². The smallest absolute Gasteiger partial charge is 0.227 e. The minimum absolute atomic E-state index is 0.114. The Morgan fingerprint density at radius 1 is 1.58 bits per heavy atom. The molecule has 0 radical (unpaired) electrons. The van der Waals surface area contributed by atoms with Crippen molar-refractivity contribution < 1.29 is 9.53 Å². The van der Waals surface area contributed by atoms with Gasteiger partial charge in [-0.25, -0.2) is 0 Å². The highest BCUT2D eigenvalue weighted by molar-refractivity contribution is 6.32. The van der Waals surface area contributed by atoms with Gasteiger partial charge in [0.2, 0.25) is 5.91 Å². The van der Waals surface area contributed by atoms with Crippen molar-refractivity contribution >= 4 is 23.2 Å². The fourth-order valence-electron chi connectivity index (χ4n) is 2.13. The summed E-state index contributed by atoms with van der Waals surface area (Å²) >= 11 is 6.18. The number of amides is 1. The van der Waals surface area contributed by atoms with Crippen LogP contribution in [0.3, 0.4) is 0 Å². The Bertz CT molecular complexity index is 487. The standard InChI is InChI=1S/C15H18ClNO2/c1-3-7-19-14-6-5-12(9-13(14)16)17-10-11(4-2)8-15(17)18/h4-6,9,11H,2-3,7-8,10H2,1H3. The van der Waals surface area contributed by atoms with Gasteiger partial charge in [0.05, 0.1) is 11.6 Å². The molecular formula is C15H18ClNO2. The lowest BCUT2D eigenvalue weighted by Gasteiger charge is -2.17. The van der Waals surface area contributed by atoms with Gasteiger partial charge in [-0.2, -0.15) is 0 Å². The maximum atomic E-state index is 11.9. The van der Waals surface area contributed by atoms with Crippen molar-refractivity contribution in [3.63, 3.8) is 0 Å². The number of nitrogens with zero attached hydrogens (tertiary/aromatic N) is 1. The molecule has 0 aromatic heterocycles. The van der Waals surface area contributed by atoms with Gasteiger partial charge in [0.1, 0.15) is 5.75 Å². The van der Waals surface area contributed by atoms with Gasteiger partial charge in [0, 0.05) is 24.6 Å². The van der Waals surface area contributed by atoms with E-state index in [4.69, 9.17) is 16.3 Å². The number of halogens is 1. The first-order valence-corrected chi connectivity index (χ1v) is 6.88. The third kappa shape index (κ3) is 3.10. The van der Waals surface area contributed by atoms with E-state index in [0.29, 0.717) is 30.3 Å². The minimum Gasteiger partial charge on any atom is -0.492 e. The molecule has 1 amide bonds. The van der Waals surface area contributed by atoms with E-state index in [1.807, 2.05) is 25.1 Å². The highest BCUT2D eigenvalue weighted by atomic mass is 35.5. The summed E-state index contributed by atoms with van der Waals surface area (Å²) in [5.74, 6) is 1.00. The van der Waals surface area contributed by atoms with Crippen LogP contribution >= 0.6 is 11.6 Å². The van der Waals surface area contributed by atoms with Crippen LogP contribution in [0.15, 0.2) is 30.9 Å². The number of benzene rings is 1. The fourth-order valence-corrected chi connectivity index (χ4v) is 2.36. The summed E-state index contributed by atoms with van der Waals surface area (Å²) in [6, 6.07) is 5.48. The predicted molar refractivity (Wildman–Crippen MR) is 77.9 cm³/mol. The number of ether oxygens (including phenoxy) is 1. The molecule has 1 atom stereocenters. The van der Waals surface area contributed by atoms with Gasteiger partial charge < -0.3 is 9.64 Å². The van der Waals surface area contributed by atoms with Gasteiger partial charge in [0.25, 0.3) is 0 Å². The summed E-state index contributed by atoms with van der Waals surface area (Å²) in [6.07, 6.45) is 3.29. The maximum Gasteiger partial charge on any atom is 0.227 e. The highest BCUT2D eigenvalue weighted by Gasteiger charge is 2.28. The quantitative estimate of drug-likeness (QED) is 0.770. The molecule has 1 aliphatic heterocycles. The Kier molecular flexibility index (Phi) is 4.48. The number of carbonyl (C=O) groups is 1. The zero-order valence-electron chi connectivity index (χ0n) is 11.1. The van der Waals surface area contributed by atoms with Gasteiger partial charge in [-0.1, -0.05) is 24.6 Å². The van der Waals surface area contributed by atoms with E-state index in [2.05, 4.69) is 6.58 Å². The van der Waals surface area contributed by atoms with Crippen molar-refractivity contribution in [3.8, 4) is 5.75 Å². The molecule has 1 heterocycles. The van der Waals surface area contributed by atoms with E-state index in [1.54, 1.807) is 11.0 Å². The second-order valence-electron chi connectivity index (χ2n) is 4.67. The number of rotatable bonds is 5. The molecule has 1 fully saturated rings. The second kappa shape index (κ2) is 6.11. The average Bonchev–Trinajstić information content (AvgIpc) is 2.78. The van der Waals surface area contributed by atoms with Crippen molar-refractivity contribution in [3.05, 3.63) is 35.9 Å². The van der Waals surface area contributed by atoms with Crippen molar-refractivity contribution in [2.45, 2.75) is 19.8 Å². The third-order valence-corrected chi connectivity index (χ3v) is 3.47. The van der Waals surface area contributed by atoms with Crippen LogP contribution in [0.5, 0.6) is 5.75 Å². The van der Waals surface area contributed by atoms with Crippen LogP contribution in [0.4, 0.5) is 5.69 Å². The molecule has 1 unspecified atom stereocenters. The molecular weight excluding hydrogens is 262 g/mol. The van der Waals surface area contributed by atoms with Gasteiger partial charge in [-0.05, 0) is 24.6 Å². The van der Waals surface area contributed by atoms with Gasteiger partial charge in [-0.15, -0.1) is 6.58 Å². The average molecular weight is 280 g/mol. The molecule has 1 aromatic carbocycles. The SMILES string of the molecule is C=CC1CC(=O)N(c2ccc(OCCC)c(Cl)c2)C1. The van der Waals surface area contributed by atoms with Crippen LogP contribution in [0.2, 0.25) is 5.02 Å². The highest BCUT2D eigenvalue weighted by Crippen LogP contribution is 2.32. The Labute approximate surface area is 118 Å². The van der Waals surface area contributed by atoms with Crippen molar-refractivity contribution in [1.29, 1.82) is 0 Å². The van der Waals surface area contributed by atoms with Crippen molar-refractivity contribution in [2.24, 2.45) is 5.92 Å². The molecule has 2 rings (SSSR count). The van der Waals surface area contributed by atoms with Crippen LogP contribution in [0, 0.1) is 5.92 Å². The topological polar surface area (TPSA) is 29.5 Å². The van der Waals surface area contributed by atoms with Crippen molar-refractivity contribution in [2.75, 3.05) is 18.1 Å². The lowest BCUT2D eigenvalue weighted by Crippen LogP contribution is -2.24. The lowest BCUT2D eigenvalue weighted by atomic mass is 10.1. The van der Waals surface area contributed by atoms with E-state index < -0.39 is 0 Å². The molecule has 1 aliphatic rings. The van der Waals surface area contributed by atoms with Gasteiger partial charge >= 0.3 is 0 Å². The summed E-state index contributed by atoms with van der Waals surface area (Å²) in [5.41, 5.74) is 0.822. The van der Waals surface area contributed by atoms with Crippen LogP contribution < -0.4 is 9.64 Å². The summed E-state index contributed by atoms with van der Waals surface area (Å²) in [4.78, 5) is 13.7. The normalized spacial score (nSPS) is 18.7. The number of carbonyl (C=O) groups excluding carboxylic acids is 1. The Morgan fingerprint density at radius 2 is 2.37 bits per heavy atom. The third-order valence-electron chi connectivity index (χ3n) is 3.18. The van der Waals surface area contributed by atoms with Crippen LogP contribution in [-0.4, -0.2) is 19.1 Å².